The van der Waals surface area contributed by atoms with Crippen LogP contribution in [0.15, 0.2) is 72.8 Å². The van der Waals surface area contributed by atoms with Crippen LogP contribution >= 0.6 is 0 Å². The summed E-state index contributed by atoms with van der Waals surface area (Å²) in [5.74, 6) is -2.71. The minimum Gasteiger partial charge on any atom is -0.461 e. The summed E-state index contributed by atoms with van der Waals surface area (Å²) in [7, 11) is 6.69. The van der Waals surface area contributed by atoms with Gasteiger partial charge in [0.15, 0.2) is 5.78 Å². The summed E-state index contributed by atoms with van der Waals surface area (Å²) in [5.41, 5.74) is 1.82. The number of amides is 2. The number of carbonyl (C=O) groups is 5. The molecule has 3 aromatic rings. The zero-order chi connectivity index (χ0) is 46.4. The van der Waals surface area contributed by atoms with Gasteiger partial charge < -0.3 is 29.3 Å². The molecule has 11 nitrogen and oxygen atoms in total. The number of nitrogens with one attached hydrogen (secondary N) is 1. The van der Waals surface area contributed by atoms with Gasteiger partial charge in [-0.2, -0.15) is 0 Å². The van der Waals surface area contributed by atoms with Crippen molar-refractivity contribution in [2.24, 2.45) is 35.5 Å². The van der Waals surface area contributed by atoms with Gasteiger partial charge in [-0.3, -0.25) is 24.0 Å². The lowest BCUT2D eigenvalue weighted by molar-refractivity contribution is -0.152. The van der Waals surface area contributed by atoms with Crippen molar-refractivity contribution in [1.29, 1.82) is 0 Å². The number of ketones is 2. The maximum atomic E-state index is 14.4. The number of likely N-dealkylation sites (tertiary alicyclic amines) is 1. The van der Waals surface area contributed by atoms with Crippen LogP contribution in [-0.2, 0) is 51.2 Å². The van der Waals surface area contributed by atoms with Crippen LogP contribution in [0.25, 0.3) is 10.8 Å². The van der Waals surface area contributed by atoms with Crippen molar-refractivity contribution in [1.82, 2.24) is 15.1 Å². The molecule has 0 bridgehead atoms. The molecule has 0 saturated carbocycles. The lowest BCUT2D eigenvalue weighted by atomic mass is 9.84. The second-order valence-electron chi connectivity index (χ2n) is 18.4. The van der Waals surface area contributed by atoms with E-state index in [-0.39, 0.29) is 79.1 Å². The quantitative estimate of drug-likeness (QED) is 0.0840. The number of hydrogen-bond acceptors (Lipinski definition) is 9. The fraction of sp³-hybridized carbons (Fsp3) is 0.596. The average Bonchev–Trinajstić information content (AvgIpc) is 3.76. The van der Waals surface area contributed by atoms with Crippen LogP contribution in [0.4, 0.5) is 0 Å². The Balaban J connectivity index is 1.50. The van der Waals surface area contributed by atoms with Crippen molar-refractivity contribution in [2.75, 3.05) is 34.9 Å². The number of likely N-dealkylation sites (N-methyl/N-ethyl adjacent to an activating group) is 2. The van der Waals surface area contributed by atoms with Gasteiger partial charge in [0.1, 0.15) is 12.4 Å². The largest absolute Gasteiger partial charge is 0.461 e. The Kier molecular flexibility index (Phi) is 20.0. The first-order chi connectivity index (χ1) is 30.1. The summed E-state index contributed by atoms with van der Waals surface area (Å²) < 4.78 is 18.1. The Bertz CT molecular complexity index is 1950. The van der Waals surface area contributed by atoms with E-state index in [1.54, 1.807) is 33.2 Å². The van der Waals surface area contributed by atoms with Gasteiger partial charge in [0.2, 0.25) is 11.8 Å². The second-order valence-corrected chi connectivity index (χ2v) is 18.4. The molecule has 1 aliphatic rings. The number of hydrogen-bond donors (Lipinski definition) is 1. The molecule has 1 aliphatic heterocycles. The fourth-order valence-corrected chi connectivity index (χ4v) is 9.67. The number of benzene rings is 3. The van der Waals surface area contributed by atoms with Crippen LogP contribution in [0.3, 0.4) is 0 Å². The van der Waals surface area contributed by atoms with Crippen molar-refractivity contribution >= 4 is 40.1 Å². The Morgan fingerprint density at radius 1 is 0.810 bits per heavy atom. The van der Waals surface area contributed by atoms with Crippen molar-refractivity contribution in [3.05, 3.63) is 83.9 Å². The molecule has 0 aliphatic carbocycles. The molecule has 63 heavy (non-hydrogen) atoms. The standard InChI is InChI=1S/C52H75N3O8/c1-12-35(6)49(54(9)51(59)42(33(2)3)30-45(57)48(53-8)34(4)5)46(61-10)31-47(58)55-27-19-26-43(55)50(62-11)36(7)44(56)29-40(28-37-20-14-13-15-21-37)52(60)63-32-39-24-18-23-38-22-16-17-25-41(38)39/h13-18,20-25,33-36,40,42-43,46,48-50,53H,12,19,26-32H2,1-11H3/t35-,36-,40+,42-,43-,46+,48-,49-,50+/m0/s1. The number of fused-ring (bicyclic) bond motifs is 1. The number of carbonyl (C=O) groups excluding carboxylic acids is 5. The minimum atomic E-state index is -0.718. The monoisotopic (exact) mass is 870 g/mol. The third-order valence-corrected chi connectivity index (χ3v) is 13.6. The highest BCUT2D eigenvalue weighted by atomic mass is 16.5. The third-order valence-electron chi connectivity index (χ3n) is 13.6. The molecule has 0 aromatic heterocycles. The van der Waals surface area contributed by atoms with Crippen molar-refractivity contribution in [2.45, 2.75) is 130 Å². The molecular formula is C52H75N3O8. The summed E-state index contributed by atoms with van der Waals surface area (Å²) in [4.78, 5) is 73.9. The predicted molar refractivity (Wildman–Crippen MR) is 249 cm³/mol. The zero-order valence-corrected chi connectivity index (χ0v) is 39.8. The highest BCUT2D eigenvalue weighted by Crippen LogP contribution is 2.32. The summed E-state index contributed by atoms with van der Waals surface area (Å²) in [5, 5.41) is 5.19. The van der Waals surface area contributed by atoms with E-state index in [4.69, 9.17) is 14.2 Å². The van der Waals surface area contributed by atoms with Gasteiger partial charge in [-0.05, 0) is 66.0 Å². The minimum absolute atomic E-state index is 0.00975. The molecule has 1 N–H and O–H groups in total. The first-order valence-corrected chi connectivity index (χ1v) is 23.1. The number of Topliss-reactive ketones (excluding diaryl/α,β-unsaturated/α-hetero) is 2. The summed E-state index contributed by atoms with van der Waals surface area (Å²) in [6.07, 6.45) is 1.37. The molecule has 3 aromatic carbocycles. The number of ether oxygens (including phenoxy) is 3. The first kappa shape index (κ1) is 51.2. The van der Waals surface area contributed by atoms with Gasteiger partial charge in [-0.1, -0.05) is 128 Å². The Morgan fingerprint density at radius 2 is 1.48 bits per heavy atom. The molecule has 0 spiro atoms. The van der Waals surface area contributed by atoms with Crippen molar-refractivity contribution in [3.8, 4) is 0 Å². The maximum Gasteiger partial charge on any atom is 0.310 e. The first-order valence-electron chi connectivity index (χ1n) is 23.1. The van der Waals surface area contributed by atoms with E-state index >= 15 is 0 Å². The molecule has 1 heterocycles. The molecule has 1 saturated heterocycles. The predicted octanol–water partition coefficient (Wildman–Crippen LogP) is 8.10. The normalized spacial score (nSPS) is 18.0. The van der Waals surface area contributed by atoms with Gasteiger partial charge in [-0.25, -0.2) is 0 Å². The Morgan fingerprint density at radius 3 is 2.10 bits per heavy atom. The summed E-state index contributed by atoms with van der Waals surface area (Å²) >= 11 is 0. The molecule has 346 valence electrons. The van der Waals surface area contributed by atoms with Crippen LogP contribution in [0, 0.1) is 35.5 Å². The number of esters is 1. The molecule has 0 unspecified atom stereocenters. The average molecular weight is 870 g/mol. The molecule has 11 heteroatoms. The van der Waals surface area contributed by atoms with Gasteiger partial charge in [0, 0.05) is 52.5 Å². The van der Waals surface area contributed by atoms with E-state index in [9.17, 15) is 24.0 Å². The van der Waals surface area contributed by atoms with E-state index < -0.39 is 42.0 Å². The maximum absolute atomic E-state index is 14.4. The van der Waals surface area contributed by atoms with Crippen molar-refractivity contribution < 1.29 is 38.2 Å². The molecule has 1 fully saturated rings. The third kappa shape index (κ3) is 13.3. The molecule has 0 radical (unpaired) electrons. The molecule has 4 rings (SSSR count). The smallest absolute Gasteiger partial charge is 0.310 e. The highest BCUT2D eigenvalue weighted by Gasteiger charge is 2.43. The Labute approximate surface area is 377 Å². The van der Waals surface area contributed by atoms with E-state index in [0.29, 0.717) is 19.4 Å². The molecule has 2 amide bonds. The van der Waals surface area contributed by atoms with Crippen molar-refractivity contribution in [3.63, 3.8) is 0 Å². The van der Waals surface area contributed by atoms with Crippen LogP contribution in [0.1, 0.15) is 98.1 Å². The van der Waals surface area contributed by atoms with E-state index in [1.165, 1.54) is 0 Å². The fourth-order valence-electron chi connectivity index (χ4n) is 9.67. The number of rotatable bonds is 25. The van der Waals surface area contributed by atoms with Crippen LogP contribution < -0.4 is 5.32 Å². The zero-order valence-electron chi connectivity index (χ0n) is 39.8. The van der Waals surface area contributed by atoms with Gasteiger partial charge in [-0.15, -0.1) is 0 Å². The second kappa shape index (κ2) is 24.6. The van der Waals surface area contributed by atoms with Gasteiger partial charge >= 0.3 is 5.97 Å². The number of nitrogens with zero attached hydrogens (tertiary/aromatic N) is 2. The SMILES string of the molecule is CC[C@H](C)[C@@H]([C@@H](CC(=O)N1CCC[C@H]1[C@H](OC)[C@@H](C)C(=O)C[C@@H](Cc1ccccc1)C(=O)OCc1cccc2ccccc12)OC)N(C)C(=O)[C@@H](CC(=O)[C@@H](NC)C(C)C)C(C)C. The van der Waals surface area contributed by atoms with Crippen LogP contribution in [0.2, 0.25) is 0 Å². The van der Waals surface area contributed by atoms with Crippen LogP contribution in [-0.4, -0.2) is 104 Å². The molecule has 9 atom stereocenters. The van der Waals surface area contributed by atoms with Gasteiger partial charge in [0.25, 0.3) is 0 Å². The Hall–Kier alpha value is -4.45. The topological polar surface area (TPSA) is 132 Å². The van der Waals surface area contributed by atoms with Crippen LogP contribution in [0.5, 0.6) is 0 Å². The lowest BCUT2D eigenvalue weighted by Crippen LogP contribution is -2.54. The summed E-state index contributed by atoms with van der Waals surface area (Å²) in [6, 6.07) is 22.4. The van der Waals surface area contributed by atoms with Gasteiger partial charge in [0.05, 0.1) is 42.7 Å². The summed E-state index contributed by atoms with van der Waals surface area (Å²) in [6.45, 7) is 14.5. The number of methoxy groups -OCH3 is 2. The molecular weight excluding hydrogens is 795 g/mol. The van der Waals surface area contributed by atoms with E-state index in [0.717, 1.165) is 34.7 Å². The lowest BCUT2D eigenvalue weighted by Gasteiger charge is -2.41. The highest BCUT2D eigenvalue weighted by molar-refractivity contribution is 5.90. The van der Waals surface area contributed by atoms with E-state index in [1.807, 2.05) is 112 Å². The van der Waals surface area contributed by atoms with E-state index in [2.05, 4.69) is 19.2 Å².